The van der Waals surface area contributed by atoms with E-state index in [0.717, 1.165) is 6.07 Å². The van der Waals surface area contributed by atoms with Crippen molar-refractivity contribution >= 4 is 5.69 Å². The first-order valence-electron chi connectivity index (χ1n) is 4.68. The summed E-state index contributed by atoms with van der Waals surface area (Å²) in [5.41, 5.74) is -2.98. The van der Waals surface area contributed by atoms with Crippen LogP contribution in [-0.4, -0.2) is 6.54 Å². The number of rotatable bonds is 2. The maximum Gasteiger partial charge on any atom is 0.418 e. The van der Waals surface area contributed by atoms with Crippen LogP contribution in [-0.2, 0) is 12.4 Å². The quantitative estimate of drug-likeness (QED) is 0.784. The number of nitrogens with one attached hydrogen (secondary N) is 1. The van der Waals surface area contributed by atoms with Crippen molar-refractivity contribution < 1.29 is 26.3 Å². The van der Waals surface area contributed by atoms with Crippen molar-refractivity contribution in [3.63, 3.8) is 0 Å². The van der Waals surface area contributed by atoms with E-state index in [2.05, 4.69) is 5.32 Å². The molecule has 0 heterocycles. The van der Waals surface area contributed by atoms with E-state index in [1.54, 1.807) is 6.92 Å². The van der Waals surface area contributed by atoms with Crippen LogP contribution in [0, 0.1) is 0 Å². The summed E-state index contributed by atoms with van der Waals surface area (Å²) in [7, 11) is 0. The number of alkyl halides is 6. The number of benzene rings is 1. The number of anilines is 1. The van der Waals surface area contributed by atoms with Crippen molar-refractivity contribution in [1.29, 1.82) is 0 Å². The summed E-state index contributed by atoms with van der Waals surface area (Å²) in [6.07, 6.45) is -9.61. The molecule has 1 N–H and O–H groups in total. The van der Waals surface area contributed by atoms with E-state index < -0.39 is 23.5 Å². The minimum Gasteiger partial charge on any atom is -0.385 e. The SMILES string of the molecule is CCNc1ccc(C(F)(F)F)cc1C(F)(F)F. The van der Waals surface area contributed by atoms with Crippen LogP contribution in [0.25, 0.3) is 0 Å². The van der Waals surface area contributed by atoms with Gasteiger partial charge >= 0.3 is 12.4 Å². The molecule has 1 aromatic carbocycles. The highest BCUT2D eigenvalue weighted by Gasteiger charge is 2.38. The Morgan fingerprint density at radius 1 is 1.00 bits per heavy atom. The Labute approximate surface area is 93.4 Å². The molecule has 1 nitrogen and oxygen atoms in total. The second-order valence-corrected chi connectivity index (χ2v) is 3.29. The van der Waals surface area contributed by atoms with E-state index in [-0.39, 0.29) is 18.3 Å². The normalized spacial score (nSPS) is 12.6. The molecule has 0 saturated heterocycles. The lowest BCUT2D eigenvalue weighted by Crippen LogP contribution is -2.14. The Morgan fingerprint density at radius 2 is 1.59 bits per heavy atom. The minimum atomic E-state index is -4.82. The summed E-state index contributed by atoms with van der Waals surface area (Å²) in [6, 6.07) is 1.51. The predicted octanol–water partition coefficient (Wildman–Crippen LogP) is 4.16. The molecule has 1 rings (SSSR count). The Morgan fingerprint density at radius 3 is 2.00 bits per heavy atom. The molecule has 0 spiro atoms. The van der Waals surface area contributed by atoms with Crippen LogP contribution < -0.4 is 5.32 Å². The molecule has 0 saturated carbocycles. The van der Waals surface area contributed by atoms with Gasteiger partial charge in [-0.15, -0.1) is 0 Å². The lowest BCUT2D eigenvalue weighted by Gasteiger charge is -2.16. The Balaban J connectivity index is 3.30. The lowest BCUT2D eigenvalue weighted by atomic mass is 10.1. The molecular formula is C10H9F6N. The van der Waals surface area contributed by atoms with Crippen LogP contribution in [0.4, 0.5) is 32.0 Å². The molecule has 0 fully saturated rings. The van der Waals surface area contributed by atoms with Gasteiger partial charge in [-0.05, 0) is 25.1 Å². The third kappa shape index (κ3) is 3.28. The standard InChI is InChI=1S/C10H9F6N/c1-2-17-8-4-3-6(9(11,12)13)5-7(8)10(14,15)16/h3-5,17H,2H2,1H3. The van der Waals surface area contributed by atoms with E-state index in [9.17, 15) is 26.3 Å². The predicted molar refractivity (Wildman–Crippen MR) is 50.6 cm³/mol. The van der Waals surface area contributed by atoms with Gasteiger partial charge in [-0.25, -0.2) is 0 Å². The van der Waals surface area contributed by atoms with Crippen molar-refractivity contribution in [1.82, 2.24) is 0 Å². The fraction of sp³-hybridized carbons (Fsp3) is 0.400. The number of hydrogen-bond acceptors (Lipinski definition) is 1. The highest BCUT2D eigenvalue weighted by molar-refractivity contribution is 5.54. The van der Waals surface area contributed by atoms with Crippen LogP contribution in [0.2, 0.25) is 0 Å². The fourth-order valence-electron chi connectivity index (χ4n) is 1.30. The van der Waals surface area contributed by atoms with Gasteiger partial charge in [-0.3, -0.25) is 0 Å². The zero-order valence-electron chi connectivity index (χ0n) is 8.71. The first kappa shape index (κ1) is 13.7. The highest BCUT2D eigenvalue weighted by Crippen LogP contribution is 2.39. The second kappa shape index (κ2) is 4.46. The van der Waals surface area contributed by atoms with Crippen molar-refractivity contribution in [2.45, 2.75) is 19.3 Å². The van der Waals surface area contributed by atoms with Crippen molar-refractivity contribution in [2.75, 3.05) is 11.9 Å². The first-order chi connectivity index (χ1) is 7.66. The topological polar surface area (TPSA) is 12.0 Å². The van der Waals surface area contributed by atoms with E-state index in [1.165, 1.54) is 0 Å². The summed E-state index contributed by atoms with van der Waals surface area (Å²) >= 11 is 0. The van der Waals surface area contributed by atoms with Crippen LogP contribution >= 0.6 is 0 Å². The molecule has 0 aliphatic heterocycles. The van der Waals surface area contributed by atoms with Crippen molar-refractivity contribution in [3.05, 3.63) is 29.3 Å². The van der Waals surface area contributed by atoms with E-state index in [4.69, 9.17) is 0 Å². The van der Waals surface area contributed by atoms with Crippen LogP contribution in [0.1, 0.15) is 18.1 Å². The van der Waals surface area contributed by atoms with Gasteiger partial charge in [0.05, 0.1) is 11.1 Å². The van der Waals surface area contributed by atoms with Crippen LogP contribution in [0.15, 0.2) is 18.2 Å². The summed E-state index contributed by atoms with van der Waals surface area (Å²) in [5, 5.41) is 2.37. The van der Waals surface area contributed by atoms with E-state index in [0.29, 0.717) is 6.07 Å². The summed E-state index contributed by atoms with van der Waals surface area (Å²) in [6.45, 7) is 1.74. The Bertz CT molecular complexity index is 393. The Hall–Kier alpha value is -1.40. The van der Waals surface area contributed by atoms with Gasteiger partial charge in [-0.2, -0.15) is 26.3 Å². The first-order valence-corrected chi connectivity index (χ1v) is 4.68. The van der Waals surface area contributed by atoms with Crippen molar-refractivity contribution in [3.8, 4) is 0 Å². The maximum absolute atomic E-state index is 12.5. The molecule has 0 amide bonds. The fourth-order valence-corrected chi connectivity index (χ4v) is 1.30. The molecule has 0 atom stereocenters. The molecule has 0 aliphatic carbocycles. The Kier molecular flexibility index (Phi) is 3.59. The third-order valence-corrected chi connectivity index (χ3v) is 2.02. The van der Waals surface area contributed by atoms with Gasteiger partial charge in [0.2, 0.25) is 0 Å². The molecule has 17 heavy (non-hydrogen) atoms. The molecule has 0 aliphatic rings. The van der Waals surface area contributed by atoms with Crippen LogP contribution in [0.5, 0.6) is 0 Å². The molecule has 1 aromatic rings. The van der Waals surface area contributed by atoms with Gasteiger partial charge in [0.1, 0.15) is 0 Å². The molecule has 0 aromatic heterocycles. The molecule has 0 bridgehead atoms. The summed E-state index contributed by atoms with van der Waals surface area (Å²) in [4.78, 5) is 0. The molecular weight excluding hydrogens is 248 g/mol. The van der Waals surface area contributed by atoms with Crippen molar-refractivity contribution in [2.24, 2.45) is 0 Å². The average Bonchev–Trinajstić information content (AvgIpc) is 2.15. The minimum absolute atomic E-state index is 0.109. The van der Waals surface area contributed by atoms with Gasteiger partial charge in [-0.1, -0.05) is 0 Å². The van der Waals surface area contributed by atoms with Gasteiger partial charge in [0, 0.05) is 12.2 Å². The number of hydrogen-bond donors (Lipinski definition) is 1. The van der Waals surface area contributed by atoms with E-state index >= 15 is 0 Å². The van der Waals surface area contributed by atoms with Gasteiger partial charge < -0.3 is 5.32 Å². The zero-order valence-corrected chi connectivity index (χ0v) is 8.71. The largest absolute Gasteiger partial charge is 0.418 e. The second-order valence-electron chi connectivity index (χ2n) is 3.29. The van der Waals surface area contributed by atoms with Gasteiger partial charge in [0.15, 0.2) is 0 Å². The molecule has 0 unspecified atom stereocenters. The summed E-state index contributed by atoms with van der Waals surface area (Å²) in [5.74, 6) is 0. The smallest absolute Gasteiger partial charge is 0.385 e. The molecule has 7 heteroatoms. The molecule has 0 radical (unpaired) electrons. The molecule has 96 valence electrons. The monoisotopic (exact) mass is 257 g/mol. The average molecular weight is 257 g/mol. The highest BCUT2D eigenvalue weighted by atomic mass is 19.4. The van der Waals surface area contributed by atoms with Crippen LogP contribution in [0.3, 0.4) is 0 Å². The van der Waals surface area contributed by atoms with E-state index in [1.807, 2.05) is 0 Å². The zero-order chi connectivity index (χ0) is 13.3. The third-order valence-electron chi connectivity index (χ3n) is 2.02. The van der Waals surface area contributed by atoms with Gasteiger partial charge in [0.25, 0.3) is 0 Å². The maximum atomic E-state index is 12.5. The summed E-state index contributed by atoms with van der Waals surface area (Å²) < 4.78 is 74.5. The lowest BCUT2D eigenvalue weighted by molar-refractivity contribution is -0.142. The number of halogens is 6.